The van der Waals surface area contributed by atoms with Crippen LogP contribution in [0.5, 0.6) is 11.5 Å². The predicted octanol–water partition coefficient (Wildman–Crippen LogP) is 1.54. The maximum Gasteiger partial charge on any atom is 0.154 e. The summed E-state index contributed by atoms with van der Waals surface area (Å²) in [5, 5.41) is 0. The molecular formula is C15H23NO4S. The fourth-order valence-electron chi connectivity index (χ4n) is 2.42. The van der Waals surface area contributed by atoms with Crippen molar-refractivity contribution in [1.82, 2.24) is 0 Å². The number of ether oxygens (including phenoxy) is 2. The Bertz CT molecular complexity index is 585. The van der Waals surface area contributed by atoms with Crippen LogP contribution in [0.25, 0.3) is 0 Å². The second-order valence-corrected chi connectivity index (χ2v) is 7.72. The van der Waals surface area contributed by atoms with Gasteiger partial charge >= 0.3 is 0 Å². The molecule has 5 nitrogen and oxygen atoms in total. The number of hydrogen-bond donors (Lipinski definition) is 1. The third-order valence-electron chi connectivity index (χ3n) is 3.76. The molecule has 1 aromatic rings. The molecule has 1 aliphatic heterocycles. The van der Waals surface area contributed by atoms with Crippen LogP contribution in [0, 0.1) is 0 Å². The second-order valence-electron chi connectivity index (χ2n) is 5.49. The quantitative estimate of drug-likeness (QED) is 0.862. The molecule has 2 atom stereocenters. The van der Waals surface area contributed by atoms with Crippen molar-refractivity contribution in [2.45, 2.75) is 38.3 Å². The SMILES string of the molecule is CCC(N)Cc1cc(OC)ccc1OC1CCS(=O)(=O)C1. The minimum atomic E-state index is -2.94. The molecule has 0 amide bonds. The van der Waals surface area contributed by atoms with Gasteiger partial charge in [0.25, 0.3) is 0 Å². The van der Waals surface area contributed by atoms with Gasteiger partial charge in [0.05, 0.1) is 18.6 Å². The molecule has 2 rings (SSSR count). The normalized spacial score (nSPS) is 22.0. The van der Waals surface area contributed by atoms with Crippen molar-refractivity contribution in [3.8, 4) is 11.5 Å². The van der Waals surface area contributed by atoms with Gasteiger partial charge in [0.2, 0.25) is 0 Å². The van der Waals surface area contributed by atoms with Gasteiger partial charge in [-0.05, 0) is 43.0 Å². The highest BCUT2D eigenvalue weighted by molar-refractivity contribution is 7.91. The van der Waals surface area contributed by atoms with E-state index in [1.54, 1.807) is 7.11 Å². The third kappa shape index (κ3) is 4.35. The summed E-state index contributed by atoms with van der Waals surface area (Å²) in [5.74, 6) is 1.76. The van der Waals surface area contributed by atoms with Crippen LogP contribution < -0.4 is 15.2 Å². The van der Waals surface area contributed by atoms with Crippen LogP contribution in [0.3, 0.4) is 0 Å². The van der Waals surface area contributed by atoms with Gasteiger partial charge in [-0.1, -0.05) is 6.92 Å². The minimum absolute atomic E-state index is 0.0479. The third-order valence-corrected chi connectivity index (χ3v) is 5.50. The van der Waals surface area contributed by atoms with Crippen LogP contribution in [-0.4, -0.2) is 39.2 Å². The molecule has 6 heteroatoms. The first-order valence-electron chi connectivity index (χ1n) is 7.23. The summed E-state index contributed by atoms with van der Waals surface area (Å²) in [7, 11) is -1.33. The van der Waals surface area contributed by atoms with E-state index in [2.05, 4.69) is 0 Å². The van der Waals surface area contributed by atoms with Gasteiger partial charge in [0.1, 0.15) is 17.6 Å². The molecule has 2 N–H and O–H groups in total. The first-order chi connectivity index (χ1) is 9.93. The lowest BCUT2D eigenvalue weighted by Gasteiger charge is -2.18. The van der Waals surface area contributed by atoms with E-state index in [0.717, 1.165) is 17.7 Å². The lowest BCUT2D eigenvalue weighted by Crippen LogP contribution is -2.23. The molecule has 0 saturated carbocycles. The monoisotopic (exact) mass is 313 g/mol. The molecule has 0 aromatic heterocycles. The molecule has 118 valence electrons. The molecule has 1 heterocycles. The number of nitrogens with two attached hydrogens (primary N) is 1. The Morgan fingerprint density at radius 1 is 1.43 bits per heavy atom. The molecule has 0 aliphatic carbocycles. The van der Waals surface area contributed by atoms with Crippen molar-refractivity contribution >= 4 is 9.84 Å². The van der Waals surface area contributed by atoms with Gasteiger partial charge in [-0.3, -0.25) is 0 Å². The zero-order chi connectivity index (χ0) is 15.5. The number of methoxy groups -OCH3 is 1. The van der Waals surface area contributed by atoms with Gasteiger partial charge < -0.3 is 15.2 Å². The molecule has 1 aromatic carbocycles. The Labute approximate surface area is 126 Å². The number of rotatable bonds is 6. The Hall–Kier alpha value is -1.27. The van der Waals surface area contributed by atoms with Crippen LogP contribution in [0.4, 0.5) is 0 Å². The molecule has 0 radical (unpaired) electrons. The maximum atomic E-state index is 11.5. The minimum Gasteiger partial charge on any atom is -0.497 e. The van der Waals surface area contributed by atoms with Crippen LogP contribution in [0.2, 0.25) is 0 Å². The summed E-state index contributed by atoms with van der Waals surface area (Å²) in [6, 6.07) is 5.61. The standard InChI is InChI=1S/C15H23NO4S/c1-3-12(16)8-11-9-13(19-2)4-5-15(11)20-14-6-7-21(17,18)10-14/h4-5,9,12,14H,3,6-8,10,16H2,1-2H3. The lowest BCUT2D eigenvalue weighted by atomic mass is 10.0. The van der Waals surface area contributed by atoms with Crippen LogP contribution in [0.1, 0.15) is 25.3 Å². The summed E-state index contributed by atoms with van der Waals surface area (Å²) in [6.07, 6.45) is 1.84. The topological polar surface area (TPSA) is 78.6 Å². The predicted molar refractivity (Wildman–Crippen MR) is 82.7 cm³/mol. The van der Waals surface area contributed by atoms with E-state index in [9.17, 15) is 8.42 Å². The fourth-order valence-corrected chi connectivity index (χ4v) is 4.01. The van der Waals surface area contributed by atoms with Gasteiger partial charge in [0, 0.05) is 6.04 Å². The molecule has 1 aliphatic rings. The lowest BCUT2D eigenvalue weighted by molar-refractivity contribution is 0.226. The van der Waals surface area contributed by atoms with Crippen LogP contribution in [-0.2, 0) is 16.3 Å². The van der Waals surface area contributed by atoms with Crippen LogP contribution in [0.15, 0.2) is 18.2 Å². The van der Waals surface area contributed by atoms with Crippen molar-refractivity contribution in [3.05, 3.63) is 23.8 Å². The highest BCUT2D eigenvalue weighted by Gasteiger charge is 2.30. The fraction of sp³-hybridized carbons (Fsp3) is 0.600. The van der Waals surface area contributed by atoms with Gasteiger partial charge in [0.15, 0.2) is 9.84 Å². The zero-order valence-electron chi connectivity index (χ0n) is 12.5. The summed E-state index contributed by atoms with van der Waals surface area (Å²) in [4.78, 5) is 0. The van der Waals surface area contributed by atoms with E-state index < -0.39 is 9.84 Å². The molecular weight excluding hydrogens is 290 g/mol. The summed E-state index contributed by atoms with van der Waals surface area (Å²) in [6.45, 7) is 2.04. The summed E-state index contributed by atoms with van der Waals surface area (Å²) < 4.78 is 34.2. The molecule has 1 saturated heterocycles. The van der Waals surface area contributed by atoms with Crippen LogP contribution >= 0.6 is 0 Å². The van der Waals surface area contributed by atoms with E-state index in [1.165, 1.54) is 0 Å². The first kappa shape index (κ1) is 16.1. The Morgan fingerprint density at radius 3 is 2.76 bits per heavy atom. The number of benzene rings is 1. The highest BCUT2D eigenvalue weighted by Crippen LogP contribution is 2.28. The van der Waals surface area contributed by atoms with E-state index in [1.807, 2.05) is 25.1 Å². The van der Waals surface area contributed by atoms with E-state index in [4.69, 9.17) is 15.2 Å². The van der Waals surface area contributed by atoms with E-state index in [0.29, 0.717) is 18.6 Å². The smallest absolute Gasteiger partial charge is 0.154 e. The molecule has 0 spiro atoms. The first-order valence-corrected chi connectivity index (χ1v) is 9.05. The van der Waals surface area contributed by atoms with Crippen molar-refractivity contribution in [1.29, 1.82) is 0 Å². The molecule has 2 unspecified atom stereocenters. The Kier molecular flexibility index (Phi) is 5.11. The van der Waals surface area contributed by atoms with E-state index in [-0.39, 0.29) is 23.7 Å². The van der Waals surface area contributed by atoms with Gasteiger partial charge in [-0.15, -0.1) is 0 Å². The molecule has 0 bridgehead atoms. The van der Waals surface area contributed by atoms with Gasteiger partial charge in [-0.2, -0.15) is 0 Å². The summed E-state index contributed by atoms with van der Waals surface area (Å²) >= 11 is 0. The Balaban J connectivity index is 2.17. The van der Waals surface area contributed by atoms with Crippen molar-refractivity contribution in [2.24, 2.45) is 5.73 Å². The average molecular weight is 313 g/mol. The average Bonchev–Trinajstić information content (AvgIpc) is 2.79. The van der Waals surface area contributed by atoms with E-state index >= 15 is 0 Å². The largest absolute Gasteiger partial charge is 0.497 e. The zero-order valence-corrected chi connectivity index (χ0v) is 13.4. The van der Waals surface area contributed by atoms with Crippen molar-refractivity contribution < 1.29 is 17.9 Å². The van der Waals surface area contributed by atoms with Crippen molar-refractivity contribution in [2.75, 3.05) is 18.6 Å². The molecule has 21 heavy (non-hydrogen) atoms. The summed E-state index contributed by atoms with van der Waals surface area (Å²) in [5.41, 5.74) is 6.99. The highest BCUT2D eigenvalue weighted by atomic mass is 32.2. The second kappa shape index (κ2) is 6.66. The maximum absolute atomic E-state index is 11.5. The number of hydrogen-bond acceptors (Lipinski definition) is 5. The van der Waals surface area contributed by atoms with Crippen molar-refractivity contribution in [3.63, 3.8) is 0 Å². The Morgan fingerprint density at radius 2 is 2.19 bits per heavy atom. The molecule has 1 fully saturated rings. The van der Waals surface area contributed by atoms with Gasteiger partial charge in [-0.25, -0.2) is 8.42 Å². The number of sulfone groups is 1.